The van der Waals surface area contributed by atoms with E-state index in [1.165, 1.54) is 23.8 Å². The third-order valence-electron chi connectivity index (χ3n) is 4.59. The summed E-state index contributed by atoms with van der Waals surface area (Å²) < 4.78 is 5.64. The lowest BCUT2D eigenvalue weighted by atomic mass is 10.1. The summed E-state index contributed by atoms with van der Waals surface area (Å²) in [5, 5.41) is 10.3. The molecule has 0 saturated carbocycles. The van der Waals surface area contributed by atoms with Crippen LogP contribution in [0.3, 0.4) is 0 Å². The summed E-state index contributed by atoms with van der Waals surface area (Å²) in [5.74, 6) is 1.96. The second kappa shape index (κ2) is 8.30. The number of para-hydroxylation sites is 1. The topological polar surface area (TPSA) is 87.0 Å². The fourth-order valence-electron chi connectivity index (χ4n) is 3.18. The molecule has 7 nitrogen and oxygen atoms in total. The average molecular weight is 383 g/mol. The number of hydrogen-bond acceptors (Lipinski definition) is 6. The summed E-state index contributed by atoms with van der Waals surface area (Å²) in [6.45, 7) is 2.64. The van der Waals surface area contributed by atoms with Crippen molar-refractivity contribution in [2.24, 2.45) is 5.92 Å². The van der Waals surface area contributed by atoms with E-state index in [2.05, 4.69) is 49.7 Å². The van der Waals surface area contributed by atoms with Crippen LogP contribution in [-0.2, 0) is 5.75 Å². The number of thioether (sulfide) groups is 1. The van der Waals surface area contributed by atoms with E-state index in [0.29, 0.717) is 24.0 Å². The average Bonchev–Trinajstić information content (AvgIpc) is 3.47. The van der Waals surface area contributed by atoms with Gasteiger partial charge in [-0.2, -0.15) is 5.10 Å². The highest BCUT2D eigenvalue weighted by Crippen LogP contribution is 2.23. The maximum atomic E-state index is 12.3. The minimum Gasteiger partial charge on any atom is -0.455 e. The van der Waals surface area contributed by atoms with Crippen LogP contribution in [0.5, 0.6) is 0 Å². The molecule has 1 aliphatic heterocycles. The Morgan fingerprint density at radius 3 is 3.00 bits per heavy atom. The maximum Gasteiger partial charge on any atom is 0.287 e. The summed E-state index contributed by atoms with van der Waals surface area (Å²) >= 11 is 1.48. The molecule has 2 N–H and O–H groups in total. The van der Waals surface area contributed by atoms with Crippen LogP contribution in [0.1, 0.15) is 22.7 Å². The van der Waals surface area contributed by atoms with E-state index in [-0.39, 0.29) is 5.91 Å². The van der Waals surface area contributed by atoms with Crippen molar-refractivity contribution in [1.29, 1.82) is 0 Å². The molecule has 1 saturated heterocycles. The number of furan rings is 1. The number of aromatic amines is 1. The maximum absolute atomic E-state index is 12.3. The Morgan fingerprint density at radius 2 is 2.19 bits per heavy atom. The second-order valence-corrected chi connectivity index (χ2v) is 7.46. The van der Waals surface area contributed by atoms with Gasteiger partial charge in [-0.05, 0) is 36.6 Å². The number of amides is 1. The quantitative estimate of drug-likeness (QED) is 0.610. The van der Waals surface area contributed by atoms with Crippen LogP contribution in [0.15, 0.2) is 58.4 Å². The minimum absolute atomic E-state index is 0.163. The SMILES string of the molecule is O=C(NCC1CCN(c2ccccc2)C1)c1ccc(CSc2ncn[nH]2)o1. The molecule has 1 aromatic carbocycles. The molecule has 4 rings (SSSR count). The van der Waals surface area contributed by atoms with Crippen molar-refractivity contribution in [3.05, 3.63) is 60.3 Å². The predicted octanol–water partition coefficient (Wildman–Crippen LogP) is 2.95. The van der Waals surface area contributed by atoms with Crippen molar-refractivity contribution < 1.29 is 9.21 Å². The standard InChI is InChI=1S/C19H21N5O2S/c25-18(17-7-6-16(26-17)12-27-19-21-13-22-23-19)20-10-14-8-9-24(11-14)15-4-2-1-3-5-15/h1-7,13-14H,8-12H2,(H,20,25)(H,21,22,23). The Morgan fingerprint density at radius 1 is 1.30 bits per heavy atom. The highest BCUT2D eigenvalue weighted by molar-refractivity contribution is 7.98. The van der Waals surface area contributed by atoms with Crippen molar-refractivity contribution in [3.63, 3.8) is 0 Å². The molecule has 0 radical (unpaired) electrons. The van der Waals surface area contributed by atoms with Gasteiger partial charge in [0.25, 0.3) is 5.91 Å². The number of anilines is 1. The molecular weight excluding hydrogens is 362 g/mol. The first kappa shape index (κ1) is 17.7. The van der Waals surface area contributed by atoms with Crippen LogP contribution in [0, 0.1) is 5.92 Å². The normalized spacial score (nSPS) is 16.6. The van der Waals surface area contributed by atoms with Crippen molar-refractivity contribution in [2.75, 3.05) is 24.5 Å². The van der Waals surface area contributed by atoms with Crippen molar-refractivity contribution in [1.82, 2.24) is 20.5 Å². The second-order valence-electron chi connectivity index (χ2n) is 6.49. The van der Waals surface area contributed by atoms with Crippen molar-refractivity contribution >= 4 is 23.4 Å². The molecule has 1 unspecified atom stereocenters. The summed E-state index contributed by atoms with van der Waals surface area (Å²) in [6, 6.07) is 13.9. The zero-order valence-corrected chi connectivity index (χ0v) is 15.6. The predicted molar refractivity (Wildman–Crippen MR) is 104 cm³/mol. The Hall–Kier alpha value is -2.74. The van der Waals surface area contributed by atoms with Gasteiger partial charge in [0, 0.05) is 25.3 Å². The van der Waals surface area contributed by atoms with Crippen molar-refractivity contribution in [3.8, 4) is 0 Å². The molecule has 1 amide bonds. The van der Waals surface area contributed by atoms with Gasteiger partial charge < -0.3 is 14.6 Å². The van der Waals surface area contributed by atoms with Crippen LogP contribution in [0.2, 0.25) is 0 Å². The summed E-state index contributed by atoms with van der Waals surface area (Å²) in [4.78, 5) is 18.8. The lowest BCUT2D eigenvalue weighted by Gasteiger charge is -2.18. The summed E-state index contributed by atoms with van der Waals surface area (Å²) in [7, 11) is 0. The number of aromatic nitrogens is 3. The Bertz CT molecular complexity index is 865. The van der Waals surface area contributed by atoms with Gasteiger partial charge in [-0.15, -0.1) is 0 Å². The van der Waals surface area contributed by atoms with E-state index in [4.69, 9.17) is 4.42 Å². The Kier molecular flexibility index (Phi) is 5.43. The molecule has 3 heterocycles. The molecule has 140 valence electrons. The number of carbonyl (C=O) groups excluding carboxylic acids is 1. The number of benzene rings is 1. The fourth-order valence-corrected chi connectivity index (χ4v) is 3.85. The van der Waals surface area contributed by atoms with Crippen LogP contribution < -0.4 is 10.2 Å². The molecule has 3 aromatic rings. The van der Waals surface area contributed by atoms with Crippen LogP contribution in [0.4, 0.5) is 5.69 Å². The number of nitrogens with zero attached hydrogens (tertiary/aromatic N) is 3. The molecule has 0 spiro atoms. The molecule has 1 fully saturated rings. The molecular formula is C19H21N5O2S. The van der Waals surface area contributed by atoms with Gasteiger partial charge in [-0.1, -0.05) is 30.0 Å². The van der Waals surface area contributed by atoms with Gasteiger partial charge in [-0.25, -0.2) is 4.98 Å². The lowest BCUT2D eigenvalue weighted by Crippen LogP contribution is -2.30. The largest absolute Gasteiger partial charge is 0.455 e. The highest BCUT2D eigenvalue weighted by Gasteiger charge is 2.23. The minimum atomic E-state index is -0.163. The van der Waals surface area contributed by atoms with Crippen LogP contribution >= 0.6 is 11.8 Å². The fraction of sp³-hybridized carbons (Fsp3) is 0.316. The first-order valence-electron chi connectivity index (χ1n) is 8.93. The third kappa shape index (κ3) is 4.51. The number of rotatable bonds is 7. The molecule has 27 heavy (non-hydrogen) atoms. The van der Waals surface area contributed by atoms with E-state index >= 15 is 0 Å². The van der Waals surface area contributed by atoms with Gasteiger partial charge in [0.2, 0.25) is 0 Å². The van der Waals surface area contributed by atoms with Crippen LogP contribution in [-0.4, -0.2) is 40.7 Å². The van der Waals surface area contributed by atoms with Crippen LogP contribution in [0.25, 0.3) is 0 Å². The van der Waals surface area contributed by atoms with Gasteiger partial charge in [0.1, 0.15) is 12.1 Å². The highest BCUT2D eigenvalue weighted by atomic mass is 32.2. The number of hydrogen-bond donors (Lipinski definition) is 2. The molecule has 0 aliphatic carbocycles. The third-order valence-corrected chi connectivity index (χ3v) is 5.49. The first-order chi connectivity index (χ1) is 13.3. The zero-order chi connectivity index (χ0) is 18.5. The number of carbonyl (C=O) groups is 1. The molecule has 1 atom stereocenters. The van der Waals surface area contributed by atoms with E-state index in [0.717, 1.165) is 30.4 Å². The smallest absolute Gasteiger partial charge is 0.287 e. The van der Waals surface area contributed by atoms with Gasteiger partial charge in [0.15, 0.2) is 10.9 Å². The van der Waals surface area contributed by atoms with E-state index < -0.39 is 0 Å². The zero-order valence-electron chi connectivity index (χ0n) is 14.8. The number of nitrogens with one attached hydrogen (secondary N) is 2. The molecule has 0 bridgehead atoms. The van der Waals surface area contributed by atoms with E-state index in [9.17, 15) is 4.79 Å². The summed E-state index contributed by atoms with van der Waals surface area (Å²) in [5.41, 5.74) is 1.24. The van der Waals surface area contributed by atoms with E-state index in [1.807, 2.05) is 12.1 Å². The monoisotopic (exact) mass is 383 g/mol. The van der Waals surface area contributed by atoms with E-state index in [1.54, 1.807) is 6.07 Å². The van der Waals surface area contributed by atoms with Gasteiger partial charge in [-0.3, -0.25) is 9.89 Å². The first-order valence-corrected chi connectivity index (χ1v) is 9.91. The Labute approximate surface area is 161 Å². The van der Waals surface area contributed by atoms with Gasteiger partial charge >= 0.3 is 0 Å². The molecule has 8 heteroatoms. The number of H-pyrrole nitrogens is 1. The molecule has 2 aromatic heterocycles. The van der Waals surface area contributed by atoms with Crippen molar-refractivity contribution in [2.45, 2.75) is 17.3 Å². The summed E-state index contributed by atoms with van der Waals surface area (Å²) in [6.07, 6.45) is 2.54. The van der Waals surface area contributed by atoms with Gasteiger partial charge in [0.05, 0.1) is 5.75 Å². The molecule has 1 aliphatic rings. The Balaban J connectivity index is 1.24. The lowest BCUT2D eigenvalue weighted by molar-refractivity contribution is 0.0919.